The summed E-state index contributed by atoms with van der Waals surface area (Å²) >= 11 is 0. The van der Waals surface area contributed by atoms with Crippen molar-refractivity contribution >= 4 is 17.4 Å². The Morgan fingerprint density at radius 3 is 2.00 bits per heavy atom. The Labute approximate surface area is 175 Å². The molecule has 0 aliphatic carbocycles. The second-order valence-corrected chi connectivity index (χ2v) is 6.36. The number of amides is 1. The minimum Gasteiger partial charge on any atom is -0.490 e. The molecular weight excluding hydrogens is 390 g/mol. The van der Waals surface area contributed by atoms with Crippen molar-refractivity contribution in [3.8, 4) is 28.7 Å². The fourth-order valence-corrected chi connectivity index (χ4v) is 3.05. The first-order valence-corrected chi connectivity index (χ1v) is 9.80. The van der Waals surface area contributed by atoms with Gasteiger partial charge in [-0.05, 0) is 45.9 Å². The van der Waals surface area contributed by atoms with Crippen molar-refractivity contribution in [2.45, 2.75) is 27.7 Å². The van der Waals surface area contributed by atoms with Crippen LogP contribution in [-0.2, 0) is 0 Å². The van der Waals surface area contributed by atoms with Crippen molar-refractivity contribution < 1.29 is 33.3 Å². The minimum absolute atomic E-state index is 0.0679. The van der Waals surface area contributed by atoms with E-state index in [1.54, 1.807) is 24.3 Å². The molecule has 0 spiro atoms. The molecule has 0 aromatic heterocycles. The molecule has 1 N–H and O–H groups in total. The third-order valence-corrected chi connectivity index (χ3v) is 4.31. The Bertz CT molecular complexity index is 928. The average molecular weight is 415 g/mol. The summed E-state index contributed by atoms with van der Waals surface area (Å²) in [5, 5.41) is 2.78. The third kappa shape index (κ3) is 4.42. The van der Waals surface area contributed by atoms with Gasteiger partial charge in [0.05, 0.1) is 25.5 Å². The predicted molar refractivity (Wildman–Crippen MR) is 110 cm³/mol. The summed E-state index contributed by atoms with van der Waals surface area (Å²) < 4.78 is 27.7. The monoisotopic (exact) mass is 415 g/mol. The van der Waals surface area contributed by atoms with Gasteiger partial charge in [-0.3, -0.25) is 9.59 Å². The van der Waals surface area contributed by atoms with Gasteiger partial charge in [0.2, 0.25) is 12.5 Å². The van der Waals surface area contributed by atoms with Crippen LogP contribution in [0.15, 0.2) is 24.3 Å². The number of hydrogen-bond acceptors (Lipinski definition) is 7. The van der Waals surface area contributed by atoms with Crippen LogP contribution in [0.1, 0.15) is 48.4 Å². The summed E-state index contributed by atoms with van der Waals surface area (Å²) in [4.78, 5) is 25.1. The summed E-state index contributed by atoms with van der Waals surface area (Å²) in [7, 11) is 0. The molecule has 2 aromatic carbocycles. The Morgan fingerprint density at radius 1 is 0.900 bits per heavy atom. The van der Waals surface area contributed by atoms with Crippen LogP contribution in [0.25, 0.3) is 0 Å². The zero-order valence-corrected chi connectivity index (χ0v) is 17.5. The summed E-state index contributed by atoms with van der Waals surface area (Å²) in [6.45, 7) is 8.24. The largest absolute Gasteiger partial charge is 0.490 e. The highest BCUT2D eigenvalue weighted by Gasteiger charge is 2.23. The molecule has 0 radical (unpaired) electrons. The molecule has 1 amide bonds. The predicted octanol–water partition coefficient (Wildman–Crippen LogP) is 4.07. The number of anilines is 1. The molecule has 2 aromatic rings. The Hall–Kier alpha value is -3.42. The van der Waals surface area contributed by atoms with Crippen LogP contribution >= 0.6 is 0 Å². The Balaban J connectivity index is 1.98. The molecular formula is C22H25NO7. The lowest BCUT2D eigenvalue weighted by atomic mass is 10.1. The van der Waals surface area contributed by atoms with Gasteiger partial charge in [0.1, 0.15) is 0 Å². The standard InChI is InChI=1S/C22H25NO7/c1-5-26-19-8-14(9-20(27-6-2)21(19)28-7-3)22(25)23-16-11-18-17(29-12-30-18)10-15(16)13(4)24/h8-11H,5-7,12H2,1-4H3,(H,23,25). The van der Waals surface area contributed by atoms with E-state index in [1.807, 2.05) is 20.8 Å². The normalized spacial score (nSPS) is 11.7. The number of benzene rings is 2. The van der Waals surface area contributed by atoms with Gasteiger partial charge in [-0.15, -0.1) is 0 Å². The van der Waals surface area contributed by atoms with Crippen molar-refractivity contribution in [2.24, 2.45) is 0 Å². The van der Waals surface area contributed by atoms with Gasteiger partial charge in [0.15, 0.2) is 28.8 Å². The molecule has 3 rings (SSSR count). The first kappa shape index (κ1) is 21.3. The second kappa shape index (κ2) is 9.39. The van der Waals surface area contributed by atoms with E-state index in [-0.39, 0.29) is 12.6 Å². The maximum Gasteiger partial charge on any atom is 0.255 e. The molecule has 1 aliphatic rings. The van der Waals surface area contributed by atoms with E-state index >= 15 is 0 Å². The van der Waals surface area contributed by atoms with Crippen LogP contribution in [0.5, 0.6) is 28.7 Å². The molecule has 1 heterocycles. The van der Waals surface area contributed by atoms with E-state index in [0.29, 0.717) is 65.4 Å². The number of fused-ring (bicyclic) bond motifs is 1. The van der Waals surface area contributed by atoms with E-state index in [0.717, 1.165) is 0 Å². The number of ether oxygens (including phenoxy) is 5. The number of Topliss-reactive ketones (excluding diaryl/α,β-unsaturated/α-hetero) is 1. The summed E-state index contributed by atoms with van der Waals surface area (Å²) in [6, 6.07) is 6.33. The lowest BCUT2D eigenvalue weighted by molar-refractivity contribution is 0.101. The van der Waals surface area contributed by atoms with Gasteiger partial charge >= 0.3 is 0 Å². The van der Waals surface area contributed by atoms with Gasteiger partial charge < -0.3 is 29.0 Å². The first-order valence-electron chi connectivity index (χ1n) is 9.80. The SMILES string of the molecule is CCOc1cc(C(=O)Nc2cc3c(cc2C(C)=O)OCO3)cc(OCC)c1OCC. The lowest BCUT2D eigenvalue weighted by Crippen LogP contribution is -2.15. The fraction of sp³-hybridized carbons (Fsp3) is 0.364. The average Bonchev–Trinajstić information content (AvgIpc) is 3.17. The van der Waals surface area contributed by atoms with Crippen molar-refractivity contribution in [1.29, 1.82) is 0 Å². The maximum atomic E-state index is 13.0. The van der Waals surface area contributed by atoms with E-state index < -0.39 is 5.91 Å². The number of carbonyl (C=O) groups is 2. The van der Waals surface area contributed by atoms with Crippen molar-refractivity contribution in [2.75, 3.05) is 31.9 Å². The summed E-state index contributed by atoms with van der Waals surface area (Å²) in [6.07, 6.45) is 0. The fourth-order valence-electron chi connectivity index (χ4n) is 3.05. The van der Waals surface area contributed by atoms with Crippen LogP contribution in [0.2, 0.25) is 0 Å². The van der Waals surface area contributed by atoms with Gasteiger partial charge in [-0.25, -0.2) is 0 Å². The molecule has 0 saturated carbocycles. The van der Waals surface area contributed by atoms with Crippen LogP contribution in [0.3, 0.4) is 0 Å². The number of rotatable bonds is 9. The van der Waals surface area contributed by atoms with E-state index in [1.165, 1.54) is 6.92 Å². The van der Waals surface area contributed by atoms with Crippen molar-refractivity contribution in [1.82, 2.24) is 0 Å². The topological polar surface area (TPSA) is 92.3 Å². The van der Waals surface area contributed by atoms with Crippen LogP contribution in [0, 0.1) is 0 Å². The molecule has 0 saturated heterocycles. The summed E-state index contributed by atoms with van der Waals surface area (Å²) in [5.74, 6) is 1.57. The highest BCUT2D eigenvalue weighted by molar-refractivity contribution is 6.10. The van der Waals surface area contributed by atoms with Gasteiger partial charge in [0.25, 0.3) is 5.91 Å². The van der Waals surface area contributed by atoms with Crippen LogP contribution in [-0.4, -0.2) is 38.3 Å². The van der Waals surface area contributed by atoms with E-state index in [9.17, 15) is 9.59 Å². The maximum absolute atomic E-state index is 13.0. The molecule has 8 nitrogen and oxygen atoms in total. The van der Waals surface area contributed by atoms with Crippen molar-refractivity contribution in [3.05, 3.63) is 35.4 Å². The molecule has 160 valence electrons. The quantitative estimate of drug-likeness (QED) is 0.617. The molecule has 8 heteroatoms. The van der Waals surface area contributed by atoms with Gasteiger partial charge in [0, 0.05) is 17.2 Å². The van der Waals surface area contributed by atoms with Gasteiger partial charge in [-0.1, -0.05) is 0 Å². The number of nitrogens with one attached hydrogen (secondary N) is 1. The first-order chi connectivity index (χ1) is 14.5. The third-order valence-electron chi connectivity index (χ3n) is 4.31. The summed E-state index contributed by atoms with van der Waals surface area (Å²) in [5.41, 5.74) is 0.965. The molecule has 1 aliphatic heterocycles. The van der Waals surface area contributed by atoms with E-state index in [2.05, 4.69) is 5.32 Å². The minimum atomic E-state index is -0.429. The zero-order valence-electron chi connectivity index (χ0n) is 17.5. The Morgan fingerprint density at radius 2 is 1.47 bits per heavy atom. The lowest BCUT2D eigenvalue weighted by Gasteiger charge is -2.17. The molecule has 0 atom stereocenters. The van der Waals surface area contributed by atoms with Crippen LogP contribution in [0.4, 0.5) is 5.69 Å². The van der Waals surface area contributed by atoms with Crippen LogP contribution < -0.4 is 29.0 Å². The number of hydrogen-bond donors (Lipinski definition) is 1. The van der Waals surface area contributed by atoms with Gasteiger partial charge in [-0.2, -0.15) is 0 Å². The number of carbonyl (C=O) groups excluding carboxylic acids is 2. The zero-order chi connectivity index (χ0) is 21.7. The highest BCUT2D eigenvalue weighted by Crippen LogP contribution is 2.40. The van der Waals surface area contributed by atoms with Crippen molar-refractivity contribution in [3.63, 3.8) is 0 Å². The Kier molecular flexibility index (Phi) is 6.66. The second-order valence-electron chi connectivity index (χ2n) is 6.36. The van der Waals surface area contributed by atoms with E-state index in [4.69, 9.17) is 23.7 Å². The molecule has 0 fully saturated rings. The molecule has 0 bridgehead atoms. The smallest absolute Gasteiger partial charge is 0.255 e. The molecule has 30 heavy (non-hydrogen) atoms. The highest BCUT2D eigenvalue weighted by atomic mass is 16.7. The molecule has 0 unspecified atom stereocenters. The number of ketones is 1.